The van der Waals surface area contributed by atoms with Gasteiger partial charge >= 0.3 is 0 Å². The number of amides is 2. The van der Waals surface area contributed by atoms with Crippen LogP contribution in [0.4, 0.5) is 11.6 Å². The second-order valence-corrected chi connectivity index (χ2v) is 23.3. The van der Waals surface area contributed by atoms with Gasteiger partial charge in [-0.25, -0.2) is 16.8 Å². The van der Waals surface area contributed by atoms with Crippen LogP contribution in [0.5, 0.6) is 0 Å². The van der Waals surface area contributed by atoms with Gasteiger partial charge in [0.25, 0.3) is 11.8 Å². The van der Waals surface area contributed by atoms with Crippen molar-refractivity contribution in [3.8, 4) is 0 Å². The second kappa shape index (κ2) is 23.3. The number of hydrogen-bond acceptors (Lipinski definition) is 14. The van der Waals surface area contributed by atoms with Crippen LogP contribution in [-0.4, -0.2) is 202 Å². The number of sulfonamides is 2. The van der Waals surface area contributed by atoms with E-state index in [2.05, 4.69) is 54.1 Å². The highest BCUT2D eigenvalue weighted by molar-refractivity contribution is 7.89. The van der Waals surface area contributed by atoms with Crippen LogP contribution in [0.15, 0.2) is 107 Å². The number of likely N-dealkylation sites (N-methyl/N-ethyl adjacent to an activating group) is 2. The number of fused-ring (bicyclic) bond motifs is 2. The summed E-state index contributed by atoms with van der Waals surface area (Å²) in [6.07, 6.45) is 2.11. The molecule has 2 aromatic heterocycles. The highest BCUT2D eigenvalue weighted by Gasteiger charge is 2.33. The average Bonchev–Trinajstić information content (AvgIpc) is 3.77. The molecule has 4 aliphatic heterocycles. The van der Waals surface area contributed by atoms with E-state index in [1.165, 1.54) is 8.61 Å². The van der Waals surface area contributed by atoms with Crippen LogP contribution in [0.2, 0.25) is 10.0 Å². The molecule has 388 valence electrons. The maximum absolute atomic E-state index is 13.2. The van der Waals surface area contributed by atoms with E-state index in [9.17, 15) is 26.4 Å². The lowest BCUT2D eigenvalue weighted by Crippen LogP contribution is -2.50. The van der Waals surface area contributed by atoms with E-state index in [4.69, 9.17) is 23.2 Å². The molecule has 0 saturated carbocycles. The fourth-order valence-corrected chi connectivity index (χ4v) is 12.6. The predicted octanol–water partition coefficient (Wildman–Crippen LogP) is 4.32. The Bertz CT molecular complexity index is 2930. The van der Waals surface area contributed by atoms with Gasteiger partial charge in [-0.05, 0) is 134 Å². The molecule has 19 nitrogen and oxygen atoms in total. The van der Waals surface area contributed by atoms with E-state index in [0.717, 1.165) is 98.4 Å². The van der Waals surface area contributed by atoms with Crippen molar-refractivity contribution in [2.75, 3.05) is 129 Å². The van der Waals surface area contributed by atoms with Crippen molar-refractivity contribution in [3.63, 3.8) is 0 Å². The number of aromatic nitrogens is 4. The molecule has 10 rings (SSSR count). The first kappa shape index (κ1) is 53.7. The van der Waals surface area contributed by atoms with Gasteiger partial charge in [0.05, 0.1) is 9.79 Å². The summed E-state index contributed by atoms with van der Waals surface area (Å²) in [5.74, 6) is 1.08. The zero-order valence-corrected chi connectivity index (χ0v) is 44.0. The summed E-state index contributed by atoms with van der Waals surface area (Å²) in [4.78, 5) is 38.7. The first-order valence-electron chi connectivity index (χ1n) is 24.1. The van der Waals surface area contributed by atoms with Crippen LogP contribution in [0, 0.1) is 0 Å². The van der Waals surface area contributed by atoms with E-state index < -0.39 is 20.0 Å². The SMILES string of the molecule is CN1CCCN(c2ccc(C(=O)N3CCN(S(=O)(=O)c4ccc5cc(Cl)ccc5c4)CC3)nn2)CC1.CN1CCCN(c2ccc(C(=O)N3CCN(S(=O)(=O)c4ccc5cc(Cl)ccc5c4)CC3)nn2)CC1.O. The Morgan fingerprint density at radius 3 is 1.16 bits per heavy atom. The summed E-state index contributed by atoms with van der Waals surface area (Å²) >= 11 is 12.1. The minimum atomic E-state index is -3.68. The Balaban J connectivity index is 0.000000192. The molecule has 0 spiro atoms. The lowest BCUT2D eigenvalue weighted by molar-refractivity contribution is 0.0684. The summed E-state index contributed by atoms with van der Waals surface area (Å²) in [5.41, 5.74) is 0.547. The van der Waals surface area contributed by atoms with Crippen molar-refractivity contribution in [1.82, 2.24) is 48.6 Å². The summed E-state index contributed by atoms with van der Waals surface area (Å²) < 4.78 is 55.8. The Kier molecular flexibility index (Phi) is 17.1. The first-order valence-corrected chi connectivity index (χ1v) is 27.8. The van der Waals surface area contributed by atoms with E-state index in [-0.39, 0.29) is 64.6 Å². The summed E-state index contributed by atoms with van der Waals surface area (Å²) in [6, 6.07) is 27.9. The van der Waals surface area contributed by atoms with Crippen LogP contribution in [-0.2, 0) is 20.0 Å². The second-order valence-electron chi connectivity index (χ2n) is 18.5. The number of hydrogen-bond donors (Lipinski definition) is 0. The molecule has 0 unspecified atom stereocenters. The molecule has 4 aliphatic rings. The molecule has 2 amide bonds. The van der Waals surface area contributed by atoms with Gasteiger partial charge in [0, 0.05) is 102 Å². The molecule has 6 aromatic rings. The standard InChI is InChI=1S/2C25H29ClN6O3S.H2O/c2*1-29-9-2-10-30(12-11-29)24-8-7-23(27-28-24)25(33)31-13-15-32(16-14-31)36(34,35)22-6-4-19-17-21(26)5-3-20(19)18-22;/h2*3-8,17-18H,2,9-16H2,1H3;1H2. The van der Waals surface area contributed by atoms with Crippen LogP contribution in [0.25, 0.3) is 21.5 Å². The Hall–Kier alpha value is -5.62. The topological polar surface area (TPSA) is 211 Å². The zero-order chi connectivity index (χ0) is 50.6. The van der Waals surface area contributed by atoms with Crippen molar-refractivity contribution in [3.05, 3.63) is 118 Å². The molecule has 4 saturated heterocycles. The summed E-state index contributed by atoms with van der Waals surface area (Å²) in [6.45, 7) is 9.67. The number of carbonyl (C=O) groups excluding carboxylic acids is 2. The molecule has 73 heavy (non-hydrogen) atoms. The minimum absolute atomic E-state index is 0. The predicted molar refractivity (Wildman–Crippen MR) is 284 cm³/mol. The van der Waals surface area contributed by atoms with Gasteiger partial charge in [0.2, 0.25) is 20.0 Å². The number of carbonyl (C=O) groups is 2. The number of benzene rings is 4. The first-order chi connectivity index (χ1) is 34.6. The molecule has 2 N–H and O–H groups in total. The van der Waals surface area contributed by atoms with Crippen molar-refractivity contribution in [2.45, 2.75) is 22.6 Å². The zero-order valence-electron chi connectivity index (χ0n) is 40.9. The number of nitrogens with zero attached hydrogens (tertiary/aromatic N) is 12. The van der Waals surface area contributed by atoms with E-state index in [1.54, 1.807) is 82.6 Å². The van der Waals surface area contributed by atoms with Gasteiger partial charge in [-0.3, -0.25) is 9.59 Å². The molecule has 4 aromatic carbocycles. The lowest BCUT2D eigenvalue weighted by atomic mass is 10.1. The quantitative estimate of drug-likeness (QED) is 0.208. The molecular weight excluding hydrogens is 1020 g/mol. The van der Waals surface area contributed by atoms with Gasteiger partial charge < -0.3 is 34.9 Å². The summed E-state index contributed by atoms with van der Waals surface area (Å²) in [5, 5.41) is 21.6. The smallest absolute Gasteiger partial charge is 0.274 e. The van der Waals surface area contributed by atoms with Crippen molar-refractivity contribution in [1.29, 1.82) is 0 Å². The third kappa shape index (κ3) is 12.5. The Morgan fingerprint density at radius 2 is 0.795 bits per heavy atom. The van der Waals surface area contributed by atoms with Crippen LogP contribution in [0.3, 0.4) is 0 Å². The highest BCUT2D eigenvalue weighted by atomic mass is 35.5. The molecule has 4 fully saturated rings. The number of halogens is 2. The average molecular weight is 1080 g/mol. The maximum Gasteiger partial charge on any atom is 0.274 e. The third-order valence-corrected chi connectivity index (χ3v) is 18.0. The van der Waals surface area contributed by atoms with Crippen LogP contribution in [0.1, 0.15) is 33.8 Å². The normalized spacial score (nSPS) is 18.1. The van der Waals surface area contributed by atoms with Crippen LogP contribution >= 0.6 is 23.2 Å². The van der Waals surface area contributed by atoms with Crippen LogP contribution < -0.4 is 9.80 Å². The number of piperazine rings is 2. The molecule has 0 bridgehead atoms. The Morgan fingerprint density at radius 1 is 0.425 bits per heavy atom. The van der Waals surface area contributed by atoms with E-state index >= 15 is 0 Å². The number of anilines is 2. The highest BCUT2D eigenvalue weighted by Crippen LogP contribution is 2.28. The van der Waals surface area contributed by atoms with Crippen molar-refractivity contribution >= 4 is 88.2 Å². The minimum Gasteiger partial charge on any atom is -0.412 e. The van der Waals surface area contributed by atoms with Gasteiger partial charge in [-0.15, -0.1) is 20.4 Å². The molecule has 23 heteroatoms. The monoisotopic (exact) mass is 1070 g/mol. The number of rotatable bonds is 8. The van der Waals surface area contributed by atoms with Gasteiger partial charge in [-0.1, -0.05) is 47.5 Å². The lowest BCUT2D eigenvalue weighted by Gasteiger charge is -2.33. The third-order valence-electron chi connectivity index (χ3n) is 13.7. The molecule has 0 radical (unpaired) electrons. The fourth-order valence-electron chi connectivity index (χ4n) is 9.36. The van der Waals surface area contributed by atoms with Gasteiger partial charge in [0.15, 0.2) is 23.0 Å². The van der Waals surface area contributed by atoms with E-state index in [0.29, 0.717) is 36.2 Å². The van der Waals surface area contributed by atoms with Crippen molar-refractivity contribution < 1.29 is 31.9 Å². The Labute approximate surface area is 436 Å². The largest absolute Gasteiger partial charge is 0.412 e. The van der Waals surface area contributed by atoms with E-state index in [1.807, 2.05) is 24.3 Å². The fraction of sp³-hybridized carbons (Fsp3) is 0.400. The summed E-state index contributed by atoms with van der Waals surface area (Å²) in [7, 11) is -3.13. The van der Waals surface area contributed by atoms with Crippen molar-refractivity contribution in [2.24, 2.45) is 0 Å². The maximum atomic E-state index is 13.2. The molecule has 6 heterocycles. The molecule has 0 aliphatic carbocycles. The van der Waals surface area contributed by atoms with Gasteiger partial charge in [-0.2, -0.15) is 8.61 Å². The van der Waals surface area contributed by atoms with Gasteiger partial charge in [0.1, 0.15) is 0 Å². The molecule has 0 atom stereocenters. The molecular formula is C50H60Cl2N12O7S2.